The van der Waals surface area contributed by atoms with Crippen LogP contribution < -0.4 is 10.7 Å². The van der Waals surface area contributed by atoms with Crippen molar-refractivity contribution in [3.63, 3.8) is 0 Å². The molecule has 24 heavy (non-hydrogen) atoms. The molecule has 0 radical (unpaired) electrons. The lowest BCUT2D eigenvalue weighted by Gasteiger charge is -2.06. The minimum Gasteiger partial charge on any atom is -0.355 e. The first-order valence-electron chi connectivity index (χ1n) is 7.69. The molecule has 0 bridgehead atoms. The SMILES string of the molecule is CC(CC(=O)NCCc1ccccc1)=NNC(=O)c1cccnc1. The maximum atomic E-state index is 11.8. The fourth-order valence-corrected chi connectivity index (χ4v) is 2.03. The summed E-state index contributed by atoms with van der Waals surface area (Å²) in [6.07, 6.45) is 3.96. The van der Waals surface area contributed by atoms with Crippen LogP contribution in [-0.4, -0.2) is 29.1 Å². The highest BCUT2D eigenvalue weighted by atomic mass is 16.2. The Kier molecular flexibility index (Phi) is 6.64. The summed E-state index contributed by atoms with van der Waals surface area (Å²) >= 11 is 0. The first-order valence-corrected chi connectivity index (χ1v) is 7.69. The highest BCUT2D eigenvalue weighted by molar-refractivity contribution is 6.01. The summed E-state index contributed by atoms with van der Waals surface area (Å²) in [7, 11) is 0. The number of nitrogens with zero attached hydrogens (tertiary/aromatic N) is 2. The van der Waals surface area contributed by atoms with Crippen LogP contribution in [0.25, 0.3) is 0 Å². The maximum Gasteiger partial charge on any atom is 0.272 e. The first kappa shape index (κ1) is 17.3. The molecule has 6 heteroatoms. The van der Waals surface area contributed by atoms with Gasteiger partial charge in [0.15, 0.2) is 0 Å². The Morgan fingerprint density at radius 2 is 1.92 bits per heavy atom. The minimum atomic E-state index is -0.355. The number of nitrogens with one attached hydrogen (secondary N) is 2. The van der Waals surface area contributed by atoms with Gasteiger partial charge in [0.25, 0.3) is 5.91 Å². The number of hydrogen-bond acceptors (Lipinski definition) is 4. The molecular weight excluding hydrogens is 304 g/mol. The van der Waals surface area contributed by atoms with E-state index in [0.717, 1.165) is 6.42 Å². The number of amides is 2. The van der Waals surface area contributed by atoms with E-state index in [2.05, 4.69) is 20.8 Å². The predicted molar refractivity (Wildman–Crippen MR) is 92.6 cm³/mol. The van der Waals surface area contributed by atoms with Crippen molar-refractivity contribution in [2.45, 2.75) is 19.8 Å². The summed E-state index contributed by atoms with van der Waals surface area (Å²) < 4.78 is 0. The molecule has 2 aromatic rings. The van der Waals surface area contributed by atoms with Crippen molar-refractivity contribution in [2.75, 3.05) is 6.54 Å². The molecule has 0 aliphatic carbocycles. The molecule has 0 fully saturated rings. The van der Waals surface area contributed by atoms with E-state index in [9.17, 15) is 9.59 Å². The van der Waals surface area contributed by atoms with Crippen molar-refractivity contribution < 1.29 is 9.59 Å². The molecule has 0 aliphatic rings. The second kappa shape index (κ2) is 9.19. The number of pyridine rings is 1. The molecule has 1 aromatic heterocycles. The highest BCUT2D eigenvalue weighted by Crippen LogP contribution is 1.98. The number of rotatable bonds is 7. The average molecular weight is 324 g/mol. The zero-order valence-electron chi connectivity index (χ0n) is 13.5. The van der Waals surface area contributed by atoms with E-state index in [1.165, 1.54) is 11.8 Å². The van der Waals surface area contributed by atoms with Gasteiger partial charge in [-0.15, -0.1) is 0 Å². The molecule has 0 saturated heterocycles. The van der Waals surface area contributed by atoms with Crippen LogP contribution in [0.15, 0.2) is 60.0 Å². The van der Waals surface area contributed by atoms with Crippen molar-refractivity contribution in [3.8, 4) is 0 Å². The van der Waals surface area contributed by atoms with E-state index in [0.29, 0.717) is 17.8 Å². The number of carbonyl (C=O) groups excluding carboxylic acids is 2. The normalized spacial score (nSPS) is 11.0. The molecule has 0 aliphatic heterocycles. The Morgan fingerprint density at radius 1 is 1.12 bits per heavy atom. The van der Waals surface area contributed by atoms with E-state index in [1.54, 1.807) is 25.3 Å². The van der Waals surface area contributed by atoms with Crippen LogP contribution in [0.2, 0.25) is 0 Å². The van der Waals surface area contributed by atoms with Crippen molar-refractivity contribution in [1.29, 1.82) is 0 Å². The second-order valence-electron chi connectivity index (χ2n) is 5.29. The number of carbonyl (C=O) groups is 2. The largest absolute Gasteiger partial charge is 0.355 e. The molecule has 2 amide bonds. The topological polar surface area (TPSA) is 83.5 Å². The molecule has 2 N–H and O–H groups in total. The number of aromatic nitrogens is 1. The van der Waals surface area contributed by atoms with Crippen molar-refractivity contribution in [2.24, 2.45) is 5.10 Å². The van der Waals surface area contributed by atoms with E-state index in [-0.39, 0.29) is 18.2 Å². The fourth-order valence-electron chi connectivity index (χ4n) is 2.03. The van der Waals surface area contributed by atoms with Crippen LogP contribution in [-0.2, 0) is 11.2 Å². The van der Waals surface area contributed by atoms with Crippen LogP contribution in [0.1, 0.15) is 29.3 Å². The van der Waals surface area contributed by atoms with Crippen molar-refractivity contribution >= 4 is 17.5 Å². The quantitative estimate of drug-likeness (QED) is 0.603. The summed E-state index contributed by atoms with van der Waals surface area (Å²) in [5, 5.41) is 6.77. The van der Waals surface area contributed by atoms with Crippen LogP contribution >= 0.6 is 0 Å². The van der Waals surface area contributed by atoms with Crippen LogP contribution in [0.4, 0.5) is 0 Å². The Morgan fingerprint density at radius 3 is 2.62 bits per heavy atom. The number of benzene rings is 1. The van der Waals surface area contributed by atoms with Gasteiger partial charge in [-0.05, 0) is 31.0 Å². The Hall–Kier alpha value is -3.02. The van der Waals surface area contributed by atoms with E-state index < -0.39 is 0 Å². The summed E-state index contributed by atoms with van der Waals surface area (Å²) in [5.41, 5.74) is 4.54. The van der Waals surface area contributed by atoms with Crippen molar-refractivity contribution in [3.05, 3.63) is 66.0 Å². The van der Waals surface area contributed by atoms with Gasteiger partial charge < -0.3 is 5.32 Å². The lowest BCUT2D eigenvalue weighted by molar-refractivity contribution is -0.119. The lowest BCUT2D eigenvalue weighted by Crippen LogP contribution is -2.28. The minimum absolute atomic E-state index is 0.122. The predicted octanol–water partition coefficient (Wildman–Crippen LogP) is 1.94. The summed E-state index contributed by atoms with van der Waals surface area (Å²) in [6.45, 7) is 2.26. The zero-order valence-corrected chi connectivity index (χ0v) is 13.5. The second-order valence-corrected chi connectivity index (χ2v) is 5.29. The molecule has 1 aromatic carbocycles. The Balaban J connectivity index is 1.71. The molecule has 1 heterocycles. The maximum absolute atomic E-state index is 11.8. The third-order valence-electron chi connectivity index (χ3n) is 3.27. The van der Waals surface area contributed by atoms with Gasteiger partial charge in [0.05, 0.1) is 12.0 Å². The first-order chi connectivity index (χ1) is 11.6. The summed E-state index contributed by atoms with van der Waals surface area (Å²) in [4.78, 5) is 27.5. The van der Waals surface area contributed by atoms with E-state index >= 15 is 0 Å². The van der Waals surface area contributed by atoms with Crippen LogP contribution in [0.3, 0.4) is 0 Å². The van der Waals surface area contributed by atoms with Gasteiger partial charge in [0, 0.05) is 24.7 Å². The van der Waals surface area contributed by atoms with Gasteiger partial charge in [-0.3, -0.25) is 14.6 Å². The lowest BCUT2D eigenvalue weighted by atomic mass is 10.1. The summed E-state index contributed by atoms with van der Waals surface area (Å²) in [6, 6.07) is 13.3. The van der Waals surface area contributed by atoms with Gasteiger partial charge in [-0.2, -0.15) is 5.10 Å². The van der Waals surface area contributed by atoms with Gasteiger partial charge >= 0.3 is 0 Å². The van der Waals surface area contributed by atoms with Crippen molar-refractivity contribution in [1.82, 2.24) is 15.7 Å². The van der Waals surface area contributed by atoms with Gasteiger partial charge in [-0.25, -0.2) is 5.43 Å². The monoisotopic (exact) mass is 324 g/mol. The molecule has 2 rings (SSSR count). The number of hydrazone groups is 1. The molecule has 0 atom stereocenters. The van der Waals surface area contributed by atoms with Gasteiger partial charge in [-0.1, -0.05) is 30.3 Å². The Labute approximate surface area is 141 Å². The highest BCUT2D eigenvalue weighted by Gasteiger charge is 2.06. The Bertz CT molecular complexity index is 699. The standard InChI is InChI=1S/C18H20N4O2/c1-14(21-22-18(24)16-8-5-10-19-13-16)12-17(23)20-11-9-15-6-3-2-4-7-15/h2-8,10,13H,9,11-12H2,1H3,(H,20,23)(H,22,24). The zero-order chi connectivity index (χ0) is 17.2. The fraction of sp³-hybridized carbons (Fsp3) is 0.222. The molecule has 0 spiro atoms. The van der Waals surface area contributed by atoms with Crippen LogP contribution in [0.5, 0.6) is 0 Å². The molecular formula is C18H20N4O2. The third-order valence-corrected chi connectivity index (χ3v) is 3.27. The molecule has 0 unspecified atom stereocenters. The van der Waals surface area contributed by atoms with Gasteiger partial charge in [0.2, 0.25) is 5.91 Å². The molecule has 0 saturated carbocycles. The summed E-state index contributed by atoms with van der Waals surface area (Å²) in [5.74, 6) is -0.477. The molecule has 6 nitrogen and oxygen atoms in total. The molecule has 124 valence electrons. The van der Waals surface area contributed by atoms with E-state index in [4.69, 9.17) is 0 Å². The number of hydrogen-bond donors (Lipinski definition) is 2. The van der Waals surface area contributed by atoms with E-state index in [1.807, 2.05) is 30.3 Å². The average Bonchev–Trinajstić information content (AvgIpc) is 2.61. The van der Waals surface area contributed by atoms with Crippen LogP contribution in [0, 0.1) is 0 Å². The smallest absolute Gasteiger partial charge is 0.272 e. The third kappa shape index (κ3) is 6.00. The van der Waals surface area contributed by atoms with Gasteiger partial charge in [0.1, 0.15) is 0 Å².